The van der Waals surface area contributed by atoms with Crippen molar-refractivity contribution in [2.24, 2.45) is 0 Å². The molecule has 0 spiro atoms. The van der Waals surface area contributed by atoms with Crippen LogP contribution in [0.5, 0.6) is 0 Å². The zero-order chi connectivity index (χ0) is 18.7. The number of β-amino-alcohol motifs (C(OH)–C–C–N with tert-alkyl or cyclic N) is 1. The van der Waals surface area contributed by atoms with Gasteiger partial charge in [-0.1, -0.05) is 13.0 Å². The molecule has 138 valence electrons. The van der Waals surface area contributed by atoms with E-state index in [1.807, 2.05) is 13.0 Å². The molecule has 0 bridgehead atoms. The lowest BCUT2D eigenvalue weighted by Crippen LogP contribution is -2.42. The van der Waals surface area contributed by atoms with Gasteiger partial charge in [0.15, 0.2) is 0 Å². The van der Waals surface area contributed by atoms with Crippen LogP contribution in [0.25, 0.3) is 0 Å². The smallest absolute Gasteiger partial charge is 0.230 e. The predicted molar refractivity (Wildman–Crippen MR) is 91.3 cm³/mol. The number of aliphatic hydroxyl groups excluding tert-OH is 1. The molecule has 0 saturated carbocycles. The summed E-state index contributed by atoms with van der Waals surface area (Å²) in [6.45, 7) is 6.74. The van der Waals surface area contributed by atoms with E-state index in [0.717, 1.165) is 12.1 Å². The number of hydrogen-bond donors (Lipinski definition) is 1. The minimum atomic E-state index is -0.511. The van der Waals surface area contributed by atoms with Crippen LogP contribution >= 0.6 is 0 Å². The number of aromatic nitrogens is 2. The number of likely N-dealkylation sites (N-methyl/N-ethyl adjacent to an activating group) is 1. The quantitative estimate of drug-likeness (QED) is 0.835. The van der Waals surface area contributed by atoms with E-state index in [2.05, 4.69) is 20.0 Å². The van der Waals surface area contributed by atoms with E-state index in [4.69, 9.17) is 9.68 Å². The molecule has 1 fully saturated rings. The maximum absolute atomic E-state index is 13.5. The van der Waals surface area contributed by atoms with E-state index in [0.29, 0.717) is 38.0 Å². The van der Waals surface area contributed by atoms with Gasteiger partial charge in [-0.15, -0.1) is 10.2 Å². The molecule has 2 aromatic rings. The SMILES string of the molecule is CCN(Cc1nnc(C)o1)[C@@H]1CN(Cc2ccc(F)c(C#N)c2)C[C@H]1O. The van der Waals surface area contributed by atoms with E-state index < -0.39 is 11.9 Å². The largest absolute Gasteiger partial charge is 0.424 e. The Morgan fingerprint density at radius 1 is 1.42 bits per heavy atom. The number of likely N-dealkylation sites (tertiary alicyclic amines) is 1. The Morgan fingerprint density at radius 3 is 2.88 bits per heavy atom. The predicted octanol–water partition coefficient (Wildman–Crippen LogP) is 1.46. The van der Waals surface area contributed by atoms with Crippen LogP contribution in [0.15, 0.2) is 22.6 Å². The Kier molecular flexibility index (Phi) is 5.61. The minimum Gasteiger partial charge on any atom is -0.424 e. The number of halogens is 1. The third-order valence-corrected chi connectivity index (χ3v) is 4.67. The van der Waals surface area contributed by atoms with Crippen molar-refractivity contribution in [1.29, 1.82) is 5.26 Å². The molecule has 0 amide bonds. The molecule has 1 aliphatic rings. The number of benzene rings is 1. The van der Waals surface area contributed by atoms with E-state index in [-0.39, 0.29) is 11.6 Å². The Morgan fingerprint density at radius 2 is 2.23 bits per heavy atom. The molecule has 1 aliphatic heterocycles. The zero-order valence-corrected chi connectivity index (χ0v) is 14.9. The van der Waals surface area contributed by atoms with Crippen molar-refractivity contribution < 1.29 is 13.9 Å². The van der Waals surface area contributed by atoms with E-state index in [1.54, 1.807) is 19.1 Å². The van der Waals surface area contributed by atoms with Gasteiger partial charge in [-0.3, -0.25) is 9.80 Å². The van der Waals surface area contributed by atoms with Crippen molar-refractivity contribution >= 4 is 0 Å². The van der Waals surface area contributed by atoms with E-state index in [1.165, 1.54) is 6.07 Å². The number of nitrogens with zero attached hydrogens (tertiary/aromatic N) is 5. The molecule has 1 aromatic carbocycles. The molecule has 1 aromatic heterocycles. The monoisotopic (exact) mass is 359 g/mol. The summed E-state index contributed by atoms with van der Waals surface area (Å²) in [6, 6.07) is 6.36. The average molecular weight is 359 g/mol. The van der Waals surface area contributed by atoms with Crippen molar-refractivity contribution in [2.75, 3.05) is 19.6 Å². The van der Waals surface area contributed by atoms with Gasteiger partial charge in [0.1, 0.15) is 11.9 Å². The summed E-state index contributed by atoms with van der Waals surface area (Å²) in [4.78, 5) is 4.22. The van der Waals surface area contributed by atoms with Gasteiger partial charge in [0.25, 0.3) is 0 Å². The Balaban J connectivity index is 1.65. The van der Waals surface area contributed by atoms with Crippen molar-refractivity contribution in [3.8, 4) is 6.07 Å². The van der Waals surface area contributed by atoms with Crippen LogP contribution in [-0.2, 0) is 13.1 Å². The van der Waals surface area contributed by atoms with Crippen molar-refractivity contribution in [1.82, 2.24) is 20.0 Å². The summed E-state index contributed by atoms with van der Waals surface area (Å²) >= 11 is 0. The summed E-state index contributed by atoms with van der Waals surface area (Å²) < 4.78 is 18.9. The summed E-state index contributed by atoms with van der Waals surface area (Å²) in [7, 11) is 0. The molecule has 1 N–H and O–H groups in total. The normalized spacial score (nSPS) is 20.6. The number of nitriles is 1. The number of aryl methyl sites for hydroxylation is 1. The number of hydrogen-bond acceptors (Lipinski definition) is 7. The fourth-order valence-corrected chi connectivity index (χ4v) is 3.39. The second-order valence-electron chi connectivity index (χ2n) is 6.53. The molecular weight excluding hydrogens is 337 g/mol. The topological polar surface area (TPSA) is 89.4 Å². The van der Waals surface area contributed by atoms with Gasteiger partial charge in [0.2, 0.25) is 11.8 Å². The molecule has 1 saturated heterocycles. The zero-order valence-electron chi connectivity index (χ0n) is 14.9. The molecule has 2 atom stereocenters. The van der Waals surface area contributed by atoms with Gasteiger partial charge in [-0.25, -0.2) is 4.39 Å². The van der Waals surface area contributed by atoms with Crippen LogP contribution in [0.2, 0.25) is 0 Å². The minimum absolute atomic E-state index is 0.0424. The molecule has 0 aliphatic carbocycles. The first-order valence-electron chi connectivity index (χ1n) is 8.62. The highest BCUT2D eigenvalue weighted by Gasteiger charge is 2.35. The van der Waals surface area contributed by atoms with Crippen LogP contribution in [0.1, 0.15) is 29.8 Å². The highest BCUT2D eigenvalue weighted by molar-refractivity contribution is 5.34. The third kappa shape index (κ3) is 4.07. The highest BCUT2D eigenvalue weighted by Crippen LogP contribution is 2.21. The molecule has 0 radical (unpaired) electrons. The second-order valence-corrected chi connectivity index (χ2v) is 6.53. The second kappa shape index (κ2) is 7.91. The summed E-state index contributed by atoms with van der Waals surface area (Å²) in [5.41, 5.74) is 0.895. The van der Waals surface area contributed by atoms with Gasteiger partial charge >= 0.3 is 0 Å². The van der Waals surface area contributed by atoms with Crippen LogP contribution in [0.4, 0.5) is 4.39 Å². The first-order chi connectivity index (χ1) is 12.5. The van der Waals surface area contributed by atoms with Gasteiger partial charge in [-0.05, 0) is 24.2 Å². The molecule has 3 rings (SSSR count). The Hall–Kier alpha value is -2.34. The van der Waals surface area contributed by atoms with Crippen LogP contribution in [-0.4, -0.2) is 56.9 Å². The molecule has 26 heavy (non-hydrogen) atoms. The summed E-state index contributed by atoms with van der Waals surface area (Å²) in [6.07, 6.45) is -0.505. The standard InChI is InChI=1S/C18H22FN5O2/c1-3-24(11-18-22-21-12(2)26-18)16-9-23(10-17(16)25)8-13-4-5-15(19)14(6-13)7-20/h4-6,16-17,25H,3,8-11H2,1-2H3/t16-,17-/m1/s1. The van der Waals surface area contributed by atoms with Gasteiger partial charge in [0.05, 0.1) is 24.3 Å². The van der Waals surface area contributed by atoms with Gasteiger partial charge < -0.3 is 9.52 Å². The molecule has 8 heteroatoms. The lowest BCUT2D eigenvalue weighted by molar-refractivity contribution is 0.0760. The van der Waals surface area contributed by atoms with Gasteiger partial charge in [0, 0.05) is 26.6 Å². The summed E-state index contributed by atoms with van der Waals surface area (Å²) in [5, 5.41) is 27.3. The molecule has 0 unspecified atom stereocenters. The Bertz CT molecular complexity index is 803. The first kappa shape index (κ1) is 18.5. The van der Waals surface area contributed by atoms with Crippen LogP contribution in [0, 0.1) is 24.1 Å². The fourth-order valence-electron chi connectivity index (χ4n) is 3.39. The highest BCUT2D eigenvalue weighted by atomic mass is 19.1. The first-order valence-corrected chi connectivity index (χ1v) is 8.62. The fraction of sp³-hybridized carbons (Fsp3) is 0.500. The molecular formula is C18H22FN5O2. The maximum atomic E-state index is 13.5. The van der Waals surface area contributed by atoms with Crippen LogP contribution < -0.4 is 0 Å². The molecule has 7 nitrogen and oxygen atoms in total. The Labute approximate surface area is 151 Å². The van der Waals surface area contributed by atoms with Gasteiger partial charge in [-0.2, -0.15) is 5.26 Å². The summed E-state index contributed by atoms with van der Waals surface area (Å²) in [5.74, 6) is 0.545. The average Bonchev–Trinajstić information content (AvgIpc) is 3.19. The lowest BCUT2D eigenvalue weighted by Gasteiger charge is -2.28. The van der Waals surface area contributed by atoms with E-state index >= 15 is 0 Å². The number of rotatable bonds is 6. The van der Waals surface area contributed by atoms with Crippen molar-refractivity contribution in [3.63, 3.8) is 0 Å². The molecule has 2 heterocycles. The van der Waals surface area contributed by atoms with Crippen LogP contribution in [0.3, 0.4) is 0 Å². The van der Waals surface area contributed by atoms with Crippen molar-refractivity contribution in [2.45, 2.75) is 39.1 Å². The number of aliphatic hydroxyl groups is 1. The third-order valence-electron chi connectivity index (χ3n) is 4.67. The lowest BCUT2D eigenvalue weighted by atomic mass is 10.1. The van der Waals surface area contributed by atoms with Crippen molar-refractivity contribution in [3.05, 3.63) is 46.9 Å². The van der Waals surface area contributed by atoms with E-state index in [9.17, 15) is 9.50 Å². The maximum Gasteiger partial charge on any atom is 0.230 e.